The van der Waals surface area contributed by atoms with Crippen LogP contribution in [-0.4, -0.2) is 19.3 Å². The van der Waals surface area contributed by atoms with Crippen LogP contribution in [0.5, 0.6) is 11.5 Å². The first-order chi connectivity index (χ1) is 8.37. The molecule has 0 saturated heterocycles. The molecule has 0 saturated carbocycles. The second-order valence-corrected chi connectivity index (χ2v) is 5.99. The standard InChI is InChI=1S/C14H22BrNO2/c1-6-18-13-7-10(9-16-14(2,3)4)11(15)8-12(13)17-5/h7-8,16H,6,9H2,1-5H3. The maximum absolute atomic E-state index is 5.58. The fourth-order valence-corrected chi connectivity index (χ4v) is 1.96. The first-order valence-corrected chi connectivity index (χ1v) is 6.91. The van der Waals surface area contributed by atoms with Crippen LogP contribution < -0.4 is 14.8 Å². The number of methoxy groups -OCH3 is 1. The maximum atomic E-state index is 5.58. The number of ether oxygens (including phenoxy) is 2. The van der Waals surface area contributed by atoms with E-state index in [1.807, 2.05) is 19.1 Å². The predicted molar refractivity (Wildman–Crippen MR) is 78.5 cm³/mol. The Bertz CT molecular complexity index is 400. The van der Waals surface area contributed by atoms with Gasteiger partial charge >= 0.3 is 0 Å². The quantitative estimate of drug-likeness (QED) is 0.897. The topological polar surface area (TPSA) is 30.5 Å². The van der Waals surface area contributed by atoms with Crippen LogP contribution >= 0.6 is 15.9 Å². The summed E-state index contributed by atoms with van der Waals surface area (Å²) in [5.41, 5.74) is 1.25. The van der Waals surface area contributed by atoms with Crippen molar-refractivity contribution in [1.29, 1.82) is 0 Å². The van der Waals surface area contributed by atoms with Crippen LogP contribution in [0.4, 0.5) is 0 Å². The highest BCUT2D eigenvalue weighted by Gasteiger charge is 2.13. The molecule has 0 amide bonds. The van der Waals surface area contributed by atoms with Gasteiger partial charge in [0.25, 0.3) is 0 Å². The molecular weight excluding hydrogens is 294 g/mol. The van der Waals surface area contributed by atoms with E-state index in [1.54, 1.807) is 7.11 Å². The zero-order chi connectivity index (χ0) is 13.8. The van der Waals surface area contributed by atoms with Crippen LogP contribution in [-0.2, 0) is 6.54 Å². The van der Waals surface area contributed by atoms with E-state index in [4.69, 9.17) is 9.47 Å². The predicted octanol–water partition coefficient (Wildman–Crippen LogP) is 3.74. The van der Waals surface area contributed by atoms with Crippen molar-refractivity contribution in [2.24, 2.45) is 0 Å². The highest BCUT2D eigenvalue weighted by atomic mass is 79.9. The highest BCUT2D eigenvalue weighted by Crippen LogP contribution is 2.33. The summed E-state index contributed by atoms with van der Waals surface area (Å²) >= 11 is 3.57. The normalized spacial score (nSPS) is 11.4. The average Bonchev–Trinajstić information content (AvgIpc) is 2.28. The molecule has 1 N–H and O–H groups in total. The number of halogens is 1. The molecule has 0 aliphatic rings. The number of benzene rings is 1. The van der Waals surface area contributed by atoms with E-state index < -0.39 is 0 Å². The highest BCUT2D eigenvalue weighted by molar-refractivity contribution is 9.10. The molecule has 0 fully saturated rings. The van der Waals surface area contributed by atoms with Crippen molar-refractivity contribution >= 4 is 15.9 Å². The van der Waals surface area contributed by atoms with E-state index in [-0.39, 0.29) is 5.54 Å². The lowest BCUT2D eigenvalue weighted by Gasteiger charge is -2.21. The van der Waals surface area contributed by atoms with Gasteiger partial charge < -0.3 is 14.8 Å². The molecule has 0 aliphatic carbocycles. The molecule has 0 bridgehead atoms. The molecule has 3 nitrogen and oxygen atoms in total. The molecule has 0 aromatic heterocycles. The smallest absolute Gasteiger partial charge is 0.161 e. The minimum Gasteiger partial charge on any atom is -0.493 e. The van der Waals surface area contributed by atoms with Gasteiger partial charge in [-0.05, 0) is 45.4 Å². The third-order valence-corrected chi connectivity index (χ3v) is 3.18. The van der Waals surface area contributed by atoms with Crippen molar-refractivity contribution in [1.82, 2.24) is 5.32 Å². The minimum atomic E-state index is 0.0884. The van der Waals surface area contributed by atoms with E-state index >= 15 is 0 Å². The van der Waals surface area contributed by atoms with Crippen LogP contribution in [0.2, 0.25) is 0 Å². The van der Waals surface area contributed by atoms with E-state index in [1.165, 1.54) is 0 Å². The summed E-state index contributed by atoms with van der Waals surface area (Å²) in [4.78, 5) is 0. The zero-order valence-electron chi connectivity index (χ0n) is 11.8. The Labute approximate surface area is 118 Å². The summed E-state index contributed by atoms with van der Waals surface area (Å²) in [7, 11) is 1.65. The molecule has 0 atom stereocenters. The molecule has 1 aromatic rings. The van der Waals surface area contributed by atoms with E-state index in [2.05, 4.69) is 42.0 Å². The zero-order valence-corrected chi connectivity index (χ0v) is 13.3. The van der Waals surface area contributed by atoms with Gasteiger partial charge in [0.1, 0.15) is 0 Å². The van der Waals surface area contributed by atoms with Crippen molar-refractivity contribution in [2.75, 3.05) is 13.7 Å². The van der Waals surface area contributed by atoms with Crippen molar-refractivity contribution in [2.45, 2.75) is 39.8 Å². The van der Waals surface area contributed by atoms with Gasteiger partial charge in [-0.1, -0.05) is 15.9 Å². The second kappa shape index (κ2) is 6.43. The number of nitrogens with one attached hydrogen (secondary N) is 1. The molecule has 4 heteroatoms. The summed E-state index contributed by atoms with van der Waals surface area (Å²) in [5.74, 6) is 1.54. The second-order valence-electron chi connectivity index (χ2n) is 5.13. The average molecular weight is 316 g/mol. The maximum Gasteiger partial charge on any atom is 0.161 e. The molecule has 1 rings (SSSR count). The third-order valence-electron chi connectivity index (χ3n) is 2.44. The summed E-state index contributed by atoms with van der Waals surface area (Å²) < 4.78 is 11.9. The Hall–Kier alpha value is -0.740. The molecule has 102 valence electrons. The monoisotopic (exact) mass is 315 g/mol. The van der Waals surface area contributed by atoms with Crippen molar-refractivity contribution < 1.29 is 9.47 Å². The van der Waals surface area contributed by atoms with Gasteiger partial charge in [-0.2, -0.15) is 0 Å². The summed E-state index contributed by atoms with van der Waals surface area (Å²) in [6.07, 6.45) is 0. The fourth-order valence-electron chi connectivity index (χ4n) is 1.50. The summed E-state index contributed by atoms with van der Waals surface area (Å²) in [6.45, 7) is 9.82. The Morgan fingerprint density at radius 1 is 1.22 bits per heavy atom. The molecule has 0 radical (unpaired) electrons. The molecular formula is C14H22BrNO2. The Kier molecular flexibility index (Phi) is 5.47. The van der Waals surface area contributed by atoms with Crippen LogP contribution in [0.3, 0.4) is 0 Å². The van der Waals surface area contributed by atoms with Crippen LogP contribution in [0, 0.1) is 0 Å². The van der Waals surface area contributed by atoms with E-state index in [0.29, 0.717) is 6.61 Å². The van der Waals surface area contributed by atoms with Gasteiger partial charge in [-0.3, -0.25) is 0 Å². The summed E-state index contributed by atoms with van der Waals surface area (Å²) in [5, 5.41) is 3.46. The first-order valence-electron chi connectivity index (χ1n) is 6.11. The fraction of sp³-hybridized carbons (Fsp3) is 0.571. The number of hydrogen-bond donors (Lipinski definition) is 1. The minimum absolute atomic E-state index is 0.0884. The van der Waals surface area contributed by atoms with Gasteiger partial charge in [0.15, 0.2) is 11.5 Å². The lowest BCUT2D eigenvalue weighted by atomic mass is 10.1. The van der Waals surface area contributed by atoms with Gasteiger partial charge in [-0.25, -0.2) is 0 Å². The van der Waals surface area contributed by atoms with Crippen LogP contribution in [0.15, 0.2) is 16.6 Å². The first kappa shape index (κ1) is 15.3. The Morgan fingerprint density at radius 3 is 2.39 bits per heavy atom. The molecule has 1 aromatic carbocycles. The van der Waals surface area contributed by atoms with Gasteiger partial charge in [0, 0.05) is 16.6 Å². The SMILES string of the molecule is CCOc1cc(CNC(C)(C)C)c(Br)cc1OC. The van der Waals surface area contributed by atoms with Gasteiger partial charge in [-0.15, -0.1) is 0 Å². The Balaban J connectivity index is 2.94. The van der Waals surface area contributed by atoms with E-state index in [9.17, 15) is 0 Å². The number of hydrogen-bond acceptors (Lipinski definition) is 3. The van der Waals surface area contributed by atoms with Crippen LogP contribution in [0.1, 0.15) is 33.3 Å². The van der Waals surface area contributed by atoms with Crippen LogP contribution in [0.25, 0.3) is 0 Å². The molecule has 18 heavy (non-hydrogen) atoms. The third kappa shape index (κ3) is 4.50. The number of rotatable bonds is 5. The molecule has 0 aliphatic heterocycles. The Morgan fingerprint density at radius 2 is 1.89 bits per heavy atom. The van der Waals surface area contributed by atoms with Crippen molar-refractivity contribution in [3.63, 3.8) is 0 Å². The lowest BCUT2D eigenvalue weighted by Crippen LogP contribution is -2.35. The van der Waals surface area contributed by atoms with E-state index in [0.717, 1.165) is 28.1 Å². The summed E-state index contributed by atoms with van der Waals surface area (Å²) in [6, 6.07) is 3.97. The molecule has 0 unspecified atom stereocenters. The largest absolute Gasteiger partial charge is 0.493 e. The molecule has 0 heterocycles. The lowest BCUT2D eigenvalue weighted by molar-refractivity contribution is 0.310. The van der Waals surface area contributed by atoms with Gasteiger partial charge in [0.05, 0.1) is 13.7 Å². The molecule has 0 spiro atoms. The van der Waals surface area contributed by atoms with Crippen molar-refractivity contribution in [3.05, 3.63) is 22.2 Å². The van der Waals surface area contributed by atoms with Gasteiger partial charge in [0.2, 0.25) is 0 Å². The van der Waals surface area contributed by atoms with Crippen molar-refractivity contribution in [3.8, 4) is 11.5 Å².